The molecule has 1 amide bonds. The van der Waals surface area contributed by atoms with Gasteiger partial charge < -0.3 is 5.11 Å². The molecule has 0 saturated carbocycles. The Kier molecular flexibility index (Phi) is 5.60. The summed E-state index contributed by atoms with van der Waals surface area (Å²) in [4.78, 5) is 47.6. The van der Waals surface area contributed by atoms with Gasteiger partial charge in [0, 0.05) is 41.1 Å². The summed E-state index contributed by atoms with van der Waals surface area (Å²) in [5.74, 6) is -3.59. The van der Waals surface area contributed by atoms with E-state index >= 15 is 0 Å². The van der Waals surface area contributed by atoms with Crippen LogP contribution in [-0.4, -0.2) is 26.6 Å². The van der Waals surface area contributed by atoms with E-state index in [9.17, 15) is 39.3 Å². The lowest BCUT2D eigenvalue weighted by molar-refractivity contribution is -0.385. The van der Waals surface area contributed by atoms with Gasteiger partial charge in [-0.05, 0) is 30.3 Å². The number of nitro groups is 2. The van der Waals surface area contributed by atoms with Crippen molar-refractivity contribution in [2.75, 3.05) is 4.90 Å². The van der Waals surface area contributed by atoms with Crippen LogP contribution in [0.15, 0.2) is 78.4 Å². The molecule has 1 saturated heterocycles. The molecule has 1 heterocycles. The highest BCUT2D eigenvalue weighted by molar-refractivity contribution is 6.51. The Morgan fingerprint density at radius 1 is 0.853 bits per heavy atom. The molecule has 1 fully saturated rings. The number of halogens is 1. The first kappa shape index (κ1) is 22.3. The minimum atomic E-state index is -1.39. The highest BCUT2D eigenvalue weighted by atomic mass is 19.1. The lowest BCUT2D eigenvalue weighted by Crippen LogP contribution is -2.29. The number of benzene rings is 3. The Bertz CT molecular complexity index is 1370. The third-order valence-corrected chi connectivity index (χ3v) is 5.33. The number of hydrogen-bond donors (Lipinski definition) is 1. The van der Waals surface area contributed by atoms with Crippen LogP contribution >= 0.6 is 0 Å². The van der Waals surface area contributed by atoms with Gasteiger partial charge in [-0.25, -0.2) is 4.39 Å². The molecule has 0 unspecified atom stereocenters. The fourth-order valence-electron chi connectivity index (χ4n) is 3.72. The number of carbonyl (C=O) groups is 2. The molecule has 3 aromatic carbocycles. The zero-order valence-electron chi connectivity index (χ0n) is 17.1. The average molecular weight is 463 g/mol. The maximum absolute atomic E-state index is 14.8. The first-order valence-corrected chi connectivity index (χ1v) is 9.75. The Morgan fingerprint density at radius 3 is 1.91 bits per heavy atom. The summed E-state index contributed by atoms with van der Waals surface area (Å²) in [6.45, 7) is 0. The van der Waals surface area contributed by atoms with Crippen molar-refractivity contribution in [1.82, 2.24) is 0 Å². The van der Waals surface area contributed by atoms with Crippen molar-refractivity contribution in [3.05, 3.63) is 116 Å². The van der Waals surface area contributed by atoms with Crippen LogP contribution in [0.25, 0.3) is 5.76 Å². The summed E-state index contributed by atoms with van der Waals surface area (Å²) in [6.07, 6.45) is 0. The molecule has 1 aliphatic rings. The number of non-ortho nitro benzene ring substituents is 2. The van der Waals surface area contributed by atoms with E-state index in [4.69, 9.17) is 0 Å². The lowest BCUT2D eigenvalue weighted by atomic mass is 9.94. The largest absolute Gasteiger partial charge is 0.507 e. The molecule has 1 N–H and O–H groups in total. The Labute approximate surface area is 190 Å². The second-order valence-corrected chi connectivity index (χ2v) is 7.27. The molecule has 34 heavy (non-hydrogen) atoms. The van der Waals surface area contributed by atoms with Crippen molar-refractivity contribution in [2.24, 2.45) is 0 Å². The molecule has 0 aromatic heterocycles. The van der Waals surface area contributed by atoms with Crippen molar-refractivity contribution in [3.8, 4) is 0 Å². The first-order chi connectivity index (χ1) is 16.2. The molecule has 4 rings (SSSR count). The SMILES string of the molecule is O=C1C(=O)N(c2ccc([N+](=O)[O-])cc2)[C@H](c2ccccc2F)C1=C(O)c1ccc([N+](=O)[O-])cc1. The van der Waals surface area contributed by atoms with Crippen LogP contribution in [0.3, 0.4) is 0 Å². The number of rotatable bonds is 5. The Hall–Kier alpha value is -4.93. The van der Waals surface area contributed by atoms with Crippen molar-refractivity contribution < 1.29 is 28.9 Å². The molecule has 0 bridgehead atoms. The number of anilines is 1. The molecule has 10 nitrogen and oxygen atoms in total. The zero-order chi connectivity index (χ0) is 24.6. The number of hydrogen-bond acceptors (Lipinski definition) is 7. The van der Waals surface area contributed by atoms with Crippen LogP contribution in [0.5, 0.6) is 0 Å². The van der Waals surface area contributed by atoms with Crippen LogP contribution in [0.4, 0.5) is 21.5 Å². The Morgan fingerprint density at radius 2 is 1.38 bits per heavy atom. The number of nitro benzene ring substituents is 2. The second-order valence-electron chi connectivity index (χ2n) is 7.27. The number of nitrogens with zero attached hydrogens (tertiary/aromatic N) is 3. The average Bonchev–Trinajstić information content (AvgIpc) is 3.09. The van der Waals surface area contributed by atoms with Gasteiger partial charge in [0.1, 0.15) is 11.6 Å². The summed E-state index contributed by atoms with van der Waals surface area (Å²) in [6, 6.07) is 13.3. The predicted molar refractivity (Wildman–Crippen MR) is 117 cm³/mol. The molecular formula is C23H14FN3O7. The van der Waals surface area contributed by atoms with Crippen LogP contribution in [0, 0.1) is 26.0 Å². The molecule has 0 radical (unpaired) electrons. The third kappa shape index (κ3) is 3.75. The minimum Gasteiger partial charge on any atom is -0.507 e. The van der Waals surface area contributed by atoms with E-state index in [1.807, 2.05) is 0 Å². The van der Waals surface area contributed by atoms with Gasteiger partial charge in [-0.2, -0.15) is 0 Å². The van der Waals surface area contributed by atoms with Gasteiger partial charge in [0.05, 0.1) is 21.5 Å². The monoisotopic (exact) mass is 463 g/mol. The van der Waals surface area contributed by atoms with Gasteiger partial charge in [-0.1, -0.05) is 18.2 Å². The molecular weight excluding hydrogens is 449 g/mol. The molecule has 0 aliphatic carbocycles. The van der Waals surface area contributed by atoms with E-state index in [1.54, 1.807) is 0 Å². The van der Waals surface area contributed by atoms with Crippen molar-refractivity contribution >= 4 is 34.5 Å². The number of aliphatic hydroxyl groups excluding tert-OH is 1. The molecule has 3 aromatic rings. The fraction of sp³-hybridized carbons (Fsp3) is 0.0435. The van der Waals surface area contributed by atoms with Gasteiger partial charge in [0.15, 0.2) is 0 Å². The summed E-state index contributed by atoms with van der Waals surface area (Å²) < 4.78 is 14.8. The van der Waals surface area contributed by atoms with E-state index in [2.05, 4.69) is 0 Å². The van der Waals surface area contributed by atoms with Crippen molar-refractivity contribution in [3.63, 3.8) is 0 Å². The maximum Gasteiger partial charge on any atom is 0.300 e. The van der Waals surface area contributed by atoms with Crippen LogP contribution in [0.2, 0.25) is 0 Å². The minimum absolute atomic E-state index is 0.00800. The molecule has 1 atom stereocenters. The maximum atomic E-state index is 14.8. The third-order valence-electron chi connectivity index (χ3n) is 5.33. The second kappa shape index (κ2) is 8.54. The number of Topliss-reactive ketones (excluding diaryl/α,β-unsaturated/α-hetero) is 1. The fourth-order valence-corrected chi connectivity index (χ4v) is 3.72. The summed E-state index contributed by atoms with van der Waals surface area (Å²) in [5.41, 5.74) is -0.953. The van der Waals surface area contributed by atoms with E-state index in [1.165, 1.54) is 42.5 Å². The lowest BCUT2D eigenvalue weighted by Gasteiger charge is -2.25. The summed E-state index contributed by atoms with van der Waals surface area (Å²) >= 11 is 0. The quantitative estimate of drug-likeness (QED) is 0.196. The van der Waals surface area contributed by atoms with Gasteiger partial charge in [-0.3, -0.25) is 34.7 Å². The van der Waals surface area contributed by atoms with E-state index in [0.29, 0.717) is 0 Å². The summed E-state index contributed by atoms with van der Waals surface area (Å²) in [5, 5.41) is 32.8. The zero-order valence-corrected chi connectivity index (χ0v) is 17.1. The van der Waals surface area contributed by atoms with Crippen molar-refractivity contribution in [1.29, 1.82) is 0 Å². The smallest absolute Gasteiger partial charge is 0.300 e. The van der Waals surface area contributed by atoms with Gasteiger partial charge in [0.25, 0.3) is 23.1 Å². The Balaban J connectivity index is 1.91. The number of aliphatic hydroxyl groups is 1. The molecule has 1 aliphatic heterocycles. The van der Waals surface area contributed by atoms with Crippen LogP contribution in [-0.2, 0) is 9.59 Å². The van der Waals surface area contributed by atoms with E-state index < -0.39 is 44.7 Å². The molecule has 0 spiro atoms. The predicted octanol–water partition coefficient (Wildman–Crippen LogP) is 4.27. The standard InChI is InChI=1S/C23H14FN3O7/c24-18-4-2-1-3-17(18)20-19(21(28)13-5-7-15(8-6-13)26(31)32)22(29)23(30)25(20)14-9-11-16(12-10-14)27(33)34/h1-12,20,28H/t20-/m1/s1. The first-order valence-electron chi connectivity index (χ1n) is 9.75. The highest BCUT2D eigenvalue weighted by Gasteiger charge is 2.47. The van der Waals surface area contributed by atoms with Gasteiger partial charge in [-0.15, -0.1) is 0 Å². The number of ketones is 1. The molecule has 11 heteroatoms. The van der Waals surface area contributed by atoms with Crippen LogP contribution in [0.1, 0.15) is 17.2 Å². The number of carbonyl (C=O) groups excluding carboxylic acids is 2. The van der Waals surface area contributed by atoms with Gasteiger partial charge >= 0.3 is 0 Å². The van der Waals surface area contributed by atoms with Gasteiger partial charge in [0.2, 0.25) is 0 Å². The number of amides is 1. The van der Waals surface area contributed by atoms with Crippen molar-refractivity contribution in [2.45, 2.75) is 6.04 Å². The summed E-state index contributed by atoms with van der Waals surface area (Å²) in [7, 11) is 0. The molecule has 170 valence electrons. The normalized spacial score (nSPS) is 17.1. The van der Waals surface area contributed by atoms with Crippen LogP contribution < -0.4 is 4.90 Å². The van der Waals surface area contributed by atoms with E-state index in [0.717, 1.165) is 35.2 Å². The highest BCUT2D eigenvalue weighted by Crippen LogP contribution is 2.43. The van der Waals surface area contributed by atoms with E-state index in [-0.39, 0.29) is 28.2 Å². The topological polar surface area (TPSA) is 144 Å².